The summed E-state index contributed by atoms with van der Waals surface area (Å²) in [6, 6.07) is 150. The number of fused-ring (bicyclic) bond motifs is 23. The third-order valence-corrected chi connectivity index (χ3v) is 26.0. The van der Waals surface area contributed by atoms with Gasteiger partial charge in [-0.15, -0.1) is 134 Å². The standard InChI is InChI=1S/C45H26N6.2C37H22N6.3Pt/c1-6-16-38-29(11-1)20-21-30-22-23-31(44-47-48-45-37-15-3-2-12-33(37)34-13-4-8-18-40(34)51(44)45)27-41(30)49(38)32-24-25-36-35-14-5-7-17-39(35)50(42(36)28-32)43-19-9-10-26-46-43;1-5-13-33-25(9-1)16-17-26-18-19-28(43-39-31-11-3-4-12-32(31)40-43)24-35(26)41(33)27-20-21-30-29-10-2-6-14-34(29)42(36(30)23-27)37-15-7-8-22-38-37;1-4-12-32-25(9-1)16-17-26-18-19-28(43-34-14-6-3-11-31(34)39-40-43)24-35(26)41(32)27-20-21-30-29-10-2-5-13-33(29)42(36(30)23-27)37-15-7-8-22-38-37;;;/h1-26H;2*1-22H;;;/q3*-2;3*+2. The molecule has 18 nitrogen and oxygen atoms in total. The molecule has 21 heteroatoms. The topological polar surface area (TPSA) is 155 Å². The van der Waals surface area contributed by atoms with Gasteiger partial charge < -0.3 is 32.8 Å². The Morgan fingerprint density at radius 2 is 0.579 bits per heavy atom. The molecule has 0 bridgehead atoms. The number of anilines is 9. The molecule has 10 aromatic heterocycles. The molecule has 29 rings (SSSR count). The number of para-hydroxylation sites is 8. The first-order chi connectivity index (χ1) is 68.0. The van der Waals surface area contributed by atoms with Crippen molar-refractivity contribution in [3.8, 4) is 40.2 Å². The van der Waals surface area contributed by atoms with Gasteiger partial charge in [-0.1, -0.05) is 274 Å². The molecule has 140 heavy (non-hydrogen) atoms. The Morgan fingerprint density at radius 3 is 1.04 bits per heavy atom. The third kappa shape index (κ3) is 14.4. The van der Waals surface area contributed by atoms with E-state index in [1.807, 2.05) is 139 Å². The number of aromatic nitrogens is 15. The van der Waals surface area contributed by atoms with Gasteiger partial charge in [0.25, 0.3) is 0 Å². The maximum absolute atomic E-state index is 4.82. The van der Waals surface area contributed by atoms with E-state index in [0.717, 1.165) is 240 Å². The first-order valence-corrected chi connectivity index (χ1v) is 45.3. The molecule has 0 fully saturated rings. The van der Waals surface area contributed by atoms with Crippen LogP contribution in [0.25, 0.3) is 191 Å². The SMILES string of the molecule is [Pt+2].[Pt+2].[Pt+2].[c-]1c(-c2nnc3c4ccccc4c4ccccc4n23)ccc2c1N(c1[c-]c3c(cc1)c1ccccc1n3-c1ccccn1)c1ccccc1C=C2.[c-]1c(-n2nc3ccccc3n2)ccc2c1N(c1[c-]c3c(cc1)c1ccccc1n3-c1ccccn1)c1ccccc1C=C2.[c-]1c(-n2nnc3ccccc32)ccc2c1N(c1[c-]c3c(cc1)c1ccccc1n3-c1ccccn1)c1ccccc1C=C2. The molecule has 13 heterocycles. The van der Waals surface area contributed by atoms with E-state index >= 15 is 0 Å². The summed E-state index contributed by atoms with van der Waals surface area (Å²) in [4.78, 5) is 22.6. The van der Waals surface area contributed by atoms with Crippen LogP contribution < -0.4 is 14.7 Å². The summed E-state index contributed by atoms with van der Waals surface area (Å²) in [5.74, 6) is 3.30. The van der Waals surface area contributed by atoms with Gasteiger partial charge in [-0.3, -0.25) is 0 Å². The predicted octanol–water partition coefficient (Wildman–Crippen LogP) is 27.7. The number of nitrogens with zero attached hydrogens (tertiary/aromatic N) is 18. The Labute approximate surface area is 845 Å². The van der Waals surface area contributed by atoms with Gasteiger partial charge in [0.15, 0.2) is 5.65 Å². The van der Waals surface area contributed by atoms with Crippen LogP contribution in [0.15, 0.2) is 389 Å². The first kappa shape index (κ1) is 85.9. The Hall–Kier alpha value is -17.0. The number of benzene rings is 16. The van der Waals surface area contributed by atoms with Crippen LogP contribution in [-0.2, 0) is 63.2 Å². The van der Waals surface area contributed by atoms with E-state index in [2.05, 4.69) is 371 Å². The second kappa shape index (κ2) is 35.6. The van der Waals surface area contributed by atoms with Gasteiger partial charge in [0.2, 0.25) is 0 Å². The van der Waals surface area contributed by atoms with Gasteiger partial charge in [-0.2, -0.15) is 50.4 Å². The zero-order valence-electron chi connectivity index (χ0n) is 73.9. The summed E-state index contributed by atoms with van der Waals surface area (Å²) >= 11 is 0. The molecule has 0 amide bonds. The van der Waals surface area contributed by atoms with E-state index in [0.29, 0.717) is 0 Å². The summed E-state index contributed by atoms with van der Waals surface area (Å²) in [7, 11) is 0. The number of hydrogen-bond acceptors (Lipinski definition) is 12. The number of rotatable bonds is 9. The zero-order valence-corrected chi connectivity index (χ0v) is 80.7. The minimum atomic E-state index is 0. The van der Waals surface area contributed by atoms with Crippen molar-refractivity contribution in [1.82, 2.24) is 73.2 Å². The normalized spacial score (nSPS) is 12.3. The van der Waals surface area contributed by atoms with Gasteiger partial charge in [0.1, 0.15) is 34.0 Å². The van der Waals surface area contributed by atoms with Crippen LogP contribution in [-0.4, -0.2) is 73.2 Å². The van der Waals surface area contributed by atoms with E-state index in [1.165, 1.54) is 0 Å². The van der Waals surface area contributed by atoms with Crippen molar-refractivity contribution in [2.45, 2.75) is 0 Å². The smallest absolute Gasteiger partial charge is 0.357 e. The van der Waals surface area contributed by atoms with E-state index in [1.54, 1.807) is 4.80 Å². The maximum Gasteiger partial charge on any atom is 2.00 e. The Balaban J connectivity index is 0.000000113. The van der Waals surface area contributed by atoms with Crippen LogP contribution in [0.2, 0.25) is 0 Å². The zero-order chi connectivity index (χ0) is 90.1. The van der Waals surface area contributed by atoms with Crippen molar-refractivity contribution in [2.24, 2.45) is 0 Å². The summed E-state index contributed by atoms with van der Waals surface area (Å²) in [6.07, 6.45) is 18.5. The summed E-state index contributed by atoms with van der Waals surface area (Å²) in [5.41, 5.74) is 28.9. The minimum absolute atomic E-state index is 0. The van der Waals surface area contributed by atoms with E-state index in [-0.39, 0.29) is 63.2 Å². The molecule has 0 atom stereocenters. The van der Waals surface area contributed by atoms with Gasteiger partial charge in [-0.05, 0) is 158 Å². The van der Waals surface area contributed by atoms with E-state index < -0.39 is 0 Å². The average Bonchev–Trinajstić information content (AvgIpc) is 1.68. The Morgan fingerprint density at radius 1 is 0.229 bits per heavy atom. The van der Waals surface area contributed by atoms with Gasteiger partial charge >= 0.3 is 63.2 Å². The molecule has 16 aromatic carbocycles. The van der Waals surface area contributed by atoms with Crippen molar-refractivity contribution in [1.29, 1.82) is 0 Å². The van der Waals surface area contributed by atoms with E-state index in [9.17, 15) is 0 Å². The van der Waals surface area contributed by atoms with Crippen LogP contribution in [0.4, 0.5) is 51.2 Å². The van der Waals surface area contributed by atoms with Gasteiger partial charge in [0, 0.05) is 68.5 Å². The van der Waals surface area contributed by atoms with Crippen molar-refractivity contribution in [3.63, 3.8) is 0 Å². The second-order valence-corrected chi connectivity index (χ2v) is 33.8. The van der Waals surface area contributed by atoms with Crippen molar-refractivity contribution in [2.75, 3.05) is 14.7 Å². The molecule has 0 spiro atoms. The molecule has 0 N–H and O–H groups in total. The average molecular weight is 2340 g/mol. The largest absolute Gasteiger partial charge is 2.00 e. The van der Waals surface area contributed by atoms with Gasteiger partial charge in [0.05, 0.1) is 11.3 Å². The monoisotopic (exact) mass is 2340 g/mol. The Bertz CT molecular complexity index is 9470. The summed E-state index contributed by atoms with van der Waals surface area (Å²) in [6.45, 7) is 0. The van der Waals surface area contributed by atoms with Crippen molar-refractivity contribution >= 4 is 202 Å². The second-order valence-electron chi connectivity index (χ2n) is 33.8. The van der Waals surface area contributed by atoms with Crippen LogP contribution in [0.3, 0.4) is 0 Å². The number of hydrogen-bond donors (Lipinski definition) is 0. The third-order valence-electron chi connectivity index (χ3n) is 26.0. The van der Waals surface area contributed by atoms with Crippen LogP contribution in [0, 0.1) is 36.4 Å². The fourth-order valence-corrected chi connectivity index (χ4v) is 19.8. The van der Waals surface area contributed by atoms with E-state index in [4.69, 9.17) is 35.3 Å². The van der Waals surface area contributed by atoms with Crippen LogP contribution in [0.1, 0.15) is 33.4 Å². The molecule has 26 aromatic rings. The summed E-state index contributed by atoms with van der Waals surface area (Å²) < 4.78 is 10.6. The molecule has 0 saturated carbocycles. The van der Waals surface area contributed by atoms with Crippen molar-refractivity contribution < 1.29 is 63.2 Å². The number of pyridine rings is 4. The molecule has 3 aliphatic rings. The van der Waals surface area contributed by atoms with Gasteiger partial charge in [-0.25, -0.2) is 19.6 Å². The maximum atomic E-state index is 4.82. The minimum Gasteiger partial charge on any atom is -0.357 e. The molecule has 666 valence electrons. The fourth-order valence-electron chi connectivity index (χ4n) is 19.8. The first-order valence-electron chi connectivity index (χ1n) is 45.3. The molecule has 0 radical (unpaired) electrons. The predicted molar refractivity (Wildman–Crippen MR) is 551 cm³/mol. The molecule has 0 saturated heterocycles. The molecular weight excluding hydrogens is 2270 g/mol. The van der Waals surface area contributed by atoms with Crippen molar-refractivity contribution in [3.05, 3.63) is 458 Å². The quantitative estimate of drug-likeness (QED) is 0.0998. The molecular formula is C119H70N18Pt3. The van der Waals surface area contributed by atoms with Crippen LogP contribution in [0.5, 0.6) is 0 Å². The molecule has 0 aliphatic carbocycles. The Kier molecular flexibility index (Phi) is 21.8. The molecule has 3 aliphatic heterocycles. The summed E-state index contributed by atoms with van der Waals surface area (Å²) in [5, 5.41) is 38.1. The molecule has 0 unspecified atom stereocenters. The van der Waals surface area contributed by atoms with Crippen LogP contribution >= 0.6 is 0 Å². The fraction of sp³-hybridized carbons (Fsp3) is 0.